The summed E-state index contributed by atoms with van der Waals surface area (Å²) in [4.78, 5) is 25.3. The van der Waals surface area contributed by atoms with Crippen molar-refractivity contribution in [3.05, 3.63) is 35.1 Å². The van der Waals surface area contributed by atoms with Crippen molar-refractivity contribution in [2.45, 2.75) is 45.9 Å². The van der Waals surface area contributed by atoms with Crippen LogP contribution in [-0.4, -0.2) is 60.5 Å². The summed E-state index contributed by atoms with van der Waals surface area (Å²) in [5, 5.41) is 29.7. The van der Waals surface area contributed by atoms with E-state index in [9.17, 15) is 14.7 Å². The third-order valence-electron chi connectivity index (χ3n) is 4.50. The highest BCUT2D eigenvalue weighted by Crippen LogP contribution is 2.24. The summed E-state index contributed by atoms with van der Waals surface area (Å²) in [5.41, 5.74) is 0.695. The standard InChI is InChI=1S/C18H22ClN7O3/c1-18(2,3)15(27)17(29)26-14(6-7-22-26)16(28)20-9-11-8-12(19)4-5-13(11)25-10-21-23-24-25/h4-5,7-8,10,14-15,27H,6,9H2,1-3H3,(H,20,28)/t14-,15-/m0/s1. The Labute approximate surface area is 172 Å². The van der Waals surface area contributed by atoms with E-state index in [1.165, 1.54) is 17.2 Å². The number of benzene rings is 1. The molecule has 2 N–H and O–H groups in total. The van der Waals surface area contributed by atoms with Crippen molar-refractivity contribution < 1.29 is 14.7 Å². The Morgan fingerprint density at radius 3 is 2.79 bits per heavy atom. The lowest BCUT2D eigenvalue weighted by molar-refractivity contribution is -0.151. The lowest BCUT2D eigenvalue weighted by Crippen LogP contribution is -2.50. The number of aliphatic hydroxyl groups is 1. The van der Waals surface area contributed by atoms with E-state index < -0.39 is 23.5 Å². The molecular weight excluding hydrogens is 398 g/mol. The number of carbonyl (C=O) groups excluding carboxylic acids is 2. The number of amides is 2. The maximum absolute atomic E-state index is 12.7. The van der Waals surface area contributed by atoms with E-state index in [0.717, 1.165) is 5.01 Å². The van der Waals surface area contributed by atoms with E-state index >= 15 is 0 Å². The first-order valence-electron chi connectivity index (χ1n) is 9.01. The van der Waals surface area contributed by atoms with E-state index in [2.05, 4.69) is 25.9 Å². The van der Waals surface area contributed by atoms with Crippen LogP contribution in [0.15, 0.2) is 29.6 Å². The predicted octanol–water partition coefficient (Wildman–Crippen LogP) is 0.926. The molecular formula is C18H22ClN7O3. The van der Waals surface area contributed by atoms with Gasteiger partial charge in [0.2, 0.25) is 5.91 Å². The minimum absolute atomic E-state index is 0.148. The minimum atomic E-state index is -1.27. The summed E-state index contributed by atoms with van der Waals surface area (Å²) in [6, 6.07) is 4.32. The van der Waals surface area contributed by atoms with Crippen LogP contribution in [0.2, 0.25) is 5.02 Å². The molecule has 0 saturated carbocycles. The molecule has 2 atom stereocenters. The molecule has 0 aliphatic carbocycles. The maximum Gasteiger partial charge on any atom is 0.272 e. The Morgan fingerprint density at radius 2 is 2.14 bits per heavy atom. The lowest BCUT2D eigenvalue weighted by atomic mass is 9.88. The van der Waals surface area contributed by atoms with E-state index in [-0.39, 0.29) is 18.9 Å². The van der Waals surface area contributed by atoms with Gasteiger partial charge in [0.05, 0.1) is 5.69 Å². The van der Waals surface area contributed by atoms with Gasteiger partial charge in [-0.2, -0.15) is 5.10 Å². The Morgan fingerprint density at radius 1 is 1.38 bits per heavy atom. The van der Waals surface area contributed by atoms with Gasteiger partial charge in [0, 0.05) is 24.2 Å². The number of hydrogen-bond donors (Lipinski definition) is 2. The smallest absolute Gasteiger partial charge is 0.272 e. The monoisotopic (exact) mass is 419 g/mol. The topological polar surface area (TPSA) is 126 Å². The van der Waals surface area contributed by atoms with Crippen molar-refractivity contribution in [1.82, 2.24) is 30.5 Å². The quantitative estimate of drug-likeness (QED) is 0.742. The number of aromatic nitrogens is 4. The van der Waals surface area contributed by atoms with Crippen LogP contribution in [0.1, 0.15) is 32.8 Å². The number of halogens is 1. The highest BCUT2D eigenvalue weighted by Gasteiger charge is 2.39. The van der Waals surface area contributed by atoms with Crippen LogP contribution < -0.4 is 5.32 Å². The number of nitrogens with zero attached hydrogens (tertiary/aromatic N) is 6. The van der Waals surface area contributed by atoms with Gasteiger partial charge in [-0.3, -0.25) is 9.59 Å². The molecule has 1 aliphatic rings. The zero-order valence-electron chi connectivity index (χ0n) is 16.3. The molecule has 10 nitrogen and oxygen atoms in total. The molecule has 154 valence electrons. The van der Waals surface area contributed by atoms with Crippen molar-refractivity contribution >= 4 is 29.6 Å². The summed E-state index contributed by atoms with van der Waals surface area (Å²) in [5.74, 6) is -0.997. The Balaban J connectivity index is 1.71. The molecule has 11 heteroatoms. The number of hydrogen-bond acceptors (Lipinski definition) is 7. The predicted molar refractivity (Wildman–Crippen MR) is 105 cm³/mol. The van der Waals surface area contributed by atoms with E-state index in [4.69, 9.17) is 11.6 Å². The number of hydrazone groups is 1. The molecule has 0 fully saturated rings. The first-order chi connectivity index (χ1) is 13.7. The lowest BCUT2D eigenvalue weighted by Gasteiger charge is -2.29. The molecule has 2 heterocycles. The van der Waals surface area contributed by atoms with Gasteiger partial charge in [-0.25, -0.2) is 9.69 Å². The summed E-state index contributed by atoms with van der Waals surface area (Å²) >= 11 is 6.09. The molecule has 1 aromatic carbocycles. The normalized spacial score (nSPS) is 17.4. The second kappa shape index (κ2) is 8.26. The van der Waals surface area contributed by atoms with Crippen molar-refractivity contribution in [1.29, 1.82) is 0 Å². The molecule has 1 aromatic heterocycles. The number of tetrazole rings is 1. The van der Waals surface area contributed by atoms with Gasteiger partial charge >= 0.3 is 0 Å². The second-order valence-corrected chi connectivity index (χ2v) is 8.18. The van der Waals surface area contributed by atoms with Crippen LogP contribution in [0, 0.1) is 5.41 Å². The van der Waals surface area contributed by atoms with Gasteiger partial charge in [-0.1, -0.05) is 32.4 Å². The average molecular weight is 420 g/mol. The molecule has 2 amide bonds. The van der Waals surface area contributed by atoms with Crippen molar-refractivity contribution in [3.63, 3.8) is 0 Å². The Bertz CT molecular complexity index is 924. The zero-order valence-corrected chi connectivity index (χ0v) is 17.0. The Hall–Kier alpha value is -2.85. The minimum Gasteiger partial charge on any atom is -0.383 e. The summed E-state index contributed by atoms with van der Waals surface area (Å²) < 4.78 is 1.46. The van der Waals surface area contributed by atoms with Gasteiger partial charge in [-0.05, 0) is 39.6 Å². The second-order valence-electron chi connectivity index (χ2n) is 7.75. The molecule has 3 rings (SSSR count). The summed E-state index contributed by atoms with van der Waals surface area (Å²) in [6.45, 7) is 5.37. The fraction of sp³-hybridized carbons (Fsp3) is 0.444. The van der Waals surface area contributed by atoms with Gasteiger partial charge in [0.1, 0.15) is 18.5 Å². The molecule has 0 radical (unpaired) electrons. The van der Waals surface area contributed by atoms with Gasteiger partial charge in [-0.15, -0.1) is 5.10 Å². The van der Waals surface area contributed by atoms with E-state index in [0.29, 0.717) is 16.3 Å². The van der Waals surface area contributed by atoms with Crippen molar-refractivity contribution in [3.8, 4) is 5.69 Å². The largest absolute Gasteiger partial charge is 0.383 e. The van der Waals surface area contributed by atoms with Crippen LogP contribution >= 0.6 is 11.6 Å². The van der Waals surface area contributed by atoms with Gasteiger partial charge < -0.3 is 10.4 Å². The highest BCUT2D eigenvalue weighted by atomic mass is 35.5. The highest BCUT2D eigenvalue weighted by molar-refractivity contribution is 6.30. The van der Waals surface area contributed by atoms with E-state index in [1.807, 2.05) is 0 Å². The molecule has 0 spiro atoms. The van der Waals surface area contributed by atoms with E-state index in [1.54, 1.807) is 39.0 Å². The van der Waals surface area contributed by atoms with Crippen LogP contribution in [-0.2, 0) is 16.1 Å². The Kier molecular flexibility index (Phi) is 5.94. The number of rotatable bonds is 5. The van der Waals surface area contributed by atoms with Gasteiger partial charge in [0.25, 0.3) is 5.91 Å². The number of nitrogens with one attached hydrogen (secondary N) is 1. The van der Waals surface area contributed by atoms with Crippen molar-refractivity contribution in [2.24, 2.45) is 10.5 Å². The van der Waals surface area contributed by atoms with Gasteiger partial charge in [0.15, 0.2) is 0 Å². The molecule has 0 saturated heterocycles. The summed E-state index contributed by atoms with van der Waals surface area (Å²) in [6.07, 6.45) is 1.92. The SMILES string of the molecule is CC(C)(C)[C@@H](O)C(=O)N1N=CC[C@H]1C(=O)NCc1cc(Cl)ccc1-n1cnnn1. The molecule has 1 aliphatic heterocycles. The van der Waals surface area contributed by atoms with Crippen molar-refractivity contribution in [2.75, 3.05) is 0 Å². The molecule has 0 bridgehead atoms. The van der Waals surface area contributed by atoms with Crippen LogP contribution in [0.3, 0.4) is 0 Å². The van der Waals surface area contributed by atoms with Crippen LogP contribution in [0.5, 0.6) is 0 Å². The first-order valence-corrected chi connectivity index (χ1v) is 9.39. The molecule has 2 aromatic rings. The average Bonchev–Trinajstić information content (AvgIpc) is 3.36. The number of aliphatic hydroxyl groups excluding tert-OH is 1. The maximum atomic E-state index is 12.7. The third kappa shape index (κ3) is 4.60. The molecule has 0 unspecified atom stereocenters. The summed E-state index contributed by atoms with van der Waals surface area (Å²) in [7, 11) is 0. The third-order valence-corrected chi connectivity index (χ3v) is 4.74. The first kappa shape index (κ1) is 20.9. The van der Waals surface area contributed by atoms with Crippen LogP contribution in [0.4, 0.5) is 0 Å². The molecule has 29 heavy (non-hydrogen) atoms. The van der Waals surface area contributed by atoms with Crippen LogP contribution in [0.25, 0.3) is 5.69 Å². The fourth-order valence-electron chi connectivity index (χ4n) is 2.83. The number of carbonyl (C=O) groups is 2. The zero-order chi connectivity index (χ0) is 21.2. The fourth-order valence-corrected chi connectivity index (χ4v) is 3.03.